The van der Waals surface area contributed by atoms with E-state index < -0.39 is 111 Å². The van der Waals surface area contributed by atoms with Crippen LogP contribution in [0.4, 0.5) is 10.8 Å². The summed E-state index contributed by atoms with van der Waals surface area (Å²) in [4.78, 5) is 15.9. The van der Waals surface area contributed by atoms with Crippen molar-refractivity contribution < 1.29 is 81.4 Å². The summed E-state index contributed by atoms with van der Waals surface area (Å²) in [5.74, 6) is -25.3. The molecule has 0 atom stereocenters. The number of rotatable bonds is 9. The number of phenolic OH excluding ortho intramolecular Hbond substituents is 9. The average molecular weight is 621 g/mol. The van der Waals surface area contributed by atoms with Gasteiger partial charge in [-0.05, 0) is 0 Å². The number of nitrogens with one attached hydrogen (secondary N) is 2. The molecule has 0 bridgehead atoms. The first-order chi connectivity index (χ1) is 19.1. The molecule has 0 spiro atoms. The molecule has 0 saturated heterocycles. The van der Waals surface area contributed by atoms with Gasteiger partial charge in [-0.15, -0.1) is 11.3 Å². The molecule has 1 aromatic heterocycles. The number of aliphatic hydroxyl groups is 6. The highest BCUT2D eigenvalue weighted by Gasteiger charge is 2.43. The SMILES string of the molecule is Nc1nc(C(O)(O)C(=O)Nc2c(O)c(O)c(C(O)(O)CNC(O)(O)Cc3c(O)c(O)c(O)c(O)c3O)c(O)c2O)cs1. The summed E-state index contributed by atoms with van der Waals surface area (Å²) in [6.07, 6.45) is -1.34. The maximum Gasteiger partial charge on any atom is 0.291 e. The maximum atomic E-state index is 12.4. The Morgan fingerprint density at radius 1 is 0.762 bits per heavy atom. The zero-order valence-electron chi connectivity index (χ0n) is 20.5. The van der Waals surface area contributed by atoms with Gasteiger partial charge in [0.05, 0.1) is 12.1 Å². The summed E-state index contributed by atoms with van der Waals surface area (Å²) in [6.45, 7) is -1.51. The summed E-state index contributed by atoms with van der Waals surface area (Å²) in [7, 11) is 0. The second-order valence-corrected chi connectivity index (χ2v) is 9.62. The minimum Gasteiger partial charge on any atom is -0.504 e. The van der Waals surface area contributed by atoms with Crippen molar-refractivity contribution in [3.05, 3.63) is 22.2 Å². The van der Waals surface area contributed by atoms with Crippen molar-refractivity contribution in [3.63, 3.8) is 0 Å². The topological polar surface area (TPSA) is 383 Å². The Morgan fingerprint density at radius 2 is 1.24 bits per heavy atom. The van der Waals surface area contributed by atoms with Gasteiger partial charge in [0, 0.05) is 11.8 Å². The molecule has 0 fully saturated rings. The van der Waals surface area contributed by atoms with Gasteiger partial charge in [0.1, 0.15) is 16.9 Å². The third-order valence-corrected chi connectivity index (χ3v) is 6.41. The monoisotopic (exact) mass is 620 g/mol. The van der Waals surface area contributed by atoms with Crippen LogP contribution in [0.25, 0.3) is 0 Å². The van der Waals surface area contributed by atoms with Crippen LogP contribution in [-0.2, 0) is 22.8 Å². The Hall–Kier alpha value is -4.74. The van der Waals surface area contributed by atoms with Gasteiger partial charge in [-0.25, -0.2) is 4.98 Å². The number of aromatic hydroxyl groups is 9. The zero-order chi connectivity index (χ0) is 32.1. The molecule has 1 amide bonds. The molecule has 21 heteroatoms. The molecule has 0 aliphatic rings. The fraction of sp³-hybridized carbons (Fsp3) is 0.238. The molecule has 0 unspecified atom stereocenters. The van der Waals surface area contributed by atoms with Crippen LogP contribution in [0, 0.1) is 0 Å². The number of nitrogens with zero attached hydrogens (tertiary/aromatic N) is 1. The molecular formula is C21H24N4O16S. The molecule has 1 heterocycles. The van der Waals surface area contributed by atoms with Gasteiger partial charge in [0.25, 0.3) is 11.7 Å². The van der Waals surface area contributed by atoms with E-state index in [9.17, 15) is 81.4 Å². The lowest BCUT2D eigenvalue weighted by molar-refractivity contribution is -0.222. The van der Waals surface area contributed by atoms with Crippen LogP contribution in [0.1, 0.15) is 16.8 Å². The Bertz CT molecular complexity index is 1500. The highest BCUT2D eigenvalue weighted by molar-refractivity contribution is 7.13. The van der Waals surface area contributed by atoms with Crippen molar-refractivity contribution in [1.82, 2.24) is 10.3 Å². The van der Waals surface area contributed by atoms with E-state index in [-0.39, 0.29) is 5.13 Å². The van der Waals surface area contributed by atoms with E-state index in [4.69, 9.17) is 5.73 Å². The molecular weight excluding hydrogens is 596 g/mol. The Labute approximate surface area is 235 Å². The van der Waals surface area contributed by atoms with Crippen LogP contribution in [0.3, 0.4) is 0 Å². The second kappa shape index (κ2) is 10.6. The number of hydrogen-bond acceptors (Lipinski definition) is 20. The van der Waals surface area contributed by atoms with E-state index >= 15 is 0 Å². The minimum atomic E-state index is -3.62. The molecule has 0 saturated carbocycles. The fourth-order valence-corrected chi connectivity index (χ4v) is 4.12. The third-order valence-electron chi connectivity index (χ3n) is 5.74. The van der Waals surface area contributed by atoms with Crippen LogP contribution in [0.2, 0.25) is 0 Å². The van der Waals surface area contributed by atoms with Crippen LogP contribution in [0.15, 0.2) is 5.38 Å². The molecule has 0 aliphatic heterocycles. The first-order valence-corrected chi connectivity index (χ1v) is 11.8. The van der Waals surface area contributed by atoms with Gasteiger partial charge < -0.3 is 87.6 Å². The summed E-state index contributed by atoms with van der Waals surface area (Å²) in [6, 6.07) is 0. The number of amides is 1. The summed E-state index contributed by atoms with van der Waals surface area (Å²) >= 11 is 0.714. The van der Waals surface area contributed by atoms with Crippen LogP contribution in [-0.4, -0.2) is 99.9 Å². The predicted octanol–water partition coefficient (Wildman–Crippen LogP) is -3.54. The first-order valence-electron chi connectivity index (χ1n) is 10.9. The number of carbonyl (C=O) groups is 1. The van der Waals surface area contributed by atoms with Crippen molar-refractivity contribution in [2.75, 3.05) is 17.6 Å². The number of aromatic nitrogens is 1. The van der Waals surface area contributed by atoms with E-state index in [1.165, 1.54) is 0 Å². The van der Waals surface area contributed by atoms with Crippen molar-refractivity contribution in [1.29, 1.82) is 0 Å². The number of thiazole rings is 1. The fourth-order valence-electron chi connectivity index (χ4n) is 3.52. The minimum absolute atomic E-state index is 0.172. The molecule has 19 N–H and O–H groups in total. The van der Waals surface area contributed by atoms with E-state index in [2.05, 4.69) is 4.98 Å². The Morgan fingerprint density at radius 3 is 1.69 bits per heavy atom. The van der Waals surface area contributed by atoms with Crippen molar-refractivity contribution >= 4 is 28.1 Å². The van der Waals surface area contributed by atoms with Gasteiger partial charge >= 0.3 is 0 Å². The van der Waals surface area contributed by atoms with E-state index in [0.29, 0.717) is 11.3 Å². The van der Waals surface area contributed by atoms with Crippen LogP contribution >= 0.6 is 11.3 Å². The van der Waals surface area contributed by atoms with Gasteiger partial charge in [0.15, 0.2) is 39.6 Å². The number of carbonyl (C=O) groups excluding carboxylic acids is 1. The number of phenols is 9. The Kier molecular flexibility index (Phi) is 8.01. The largest absolute Gasteiger partial charge is 0.504 e. The number of hydrogen-bond donors (Lipinski definition) is 18. The van der Waals surface area contributed by atoms with Gasteiger partial charge in [-0.2, -0.15) is 0 Å². The lowest BCUT2D eigenvalue weighted by Crippen LogP contribution is -2.52. The highest BCUT2D eigenvalue weighted by atomic mass is 32.1. The molecule has 0 aliphatic carbocycles. The molecule has 20 nitrogen and oxygen atoms in total. The summed E-state index contributed by atoms with van der Waals surface area (Å²) in [5, 5.41) is 155. The Balaban J connectivity index is 1.89. The van der Waals surface area contributed by atoms with Crippen molar-refractivity contribution in [2.24, 2.45) is 0 Å². The van der Waals surface area contributed by atoms with Gasteiger partial charge in [-0.3, -0.25) is 10.1 Å². The second-order valence-electron chi connectivity index (χ2n) is 8.73. The molecule has 2 aromatic carbocycles. The van der Waals surface area contributed by atoms with Crippen molar-refractivity contribution in [2.45, 2.75) is 23.9 Å². The maximum absolute atomic E-state index is 12.4. The number of anilines is 2. The number of nitrogen functional groups attached to an aromatic ring is 1. The highest BCUT2D eigenvalue weighted by Crippen LogP contribution is 2.53. The smallest absolute Gasteiger partial charge is 0.291 e. The molecule has 3 rings (SSSR count). The van der Waals surface area contributed by atoms with Gasteiger partial charge in [-0.1, -0.05) is 0 Å². The van der Waals surface area contributed by atoms with Crippen LogP contribution < -0.4 is 16.4 Å². The number of benzene rings is 2. The van der Waals surface area contributed by atoms with E-state index in [1.54, 1.807) is 10.6 Å². The summed E-state index contributed by atoms with van der Waals surface area (Å²) in [5.41, 5.74) is 0.973. The lowest BCUT2D eigenvalue weighted by atomic mass is 9.99. The van der Waals surface area contributed by atoms with E-state index in [0.717, 1.165) is 5.38 Å². The van der Waals surface area contributed by atoms with Crippen molar-refractivity contribution in [3.8, 4) is 51.7 Å². The van der Waals surface area contributed by atoms with Gasteiger partial charge in [0.2, 0.25) is 28.9 Å². The molecule has 230 valence electrons. The first kappa shape index (κ1) is 31.8. The predicted molar refractivity (Wildman–Crippen MR) is 134 cm³/mol. The standard InChI is InChI=1S/C21H24N4O16S/c22-18-24-5(2-42-18)21(40,41)17(35)25-7-12(30)10(28)6(11(29)13(7)31)19(36,37)3-23-20(38,39)1-4-8(26)14(32)16(34)15(33)9(4)27/h2,23,26-34,36-41H,1,3H2,(H2,22,24)(H,25,35). The third kappa shape index (κ3) is 5.56. The lowest BCUT2D eigenvalue weighted by Gasteiger charge is -2.30. The van der Waals surface area contributed by atoms with E-state index in [1.807, 2.05) is 0 Å². The number of nitrogens with two attached hydrogens (primary N) is 1. The summed E-state index contributed by atoms with van der Waals surface area (Å²) < 4.78 is 0. The zero-order valence-corrected chi connectivity index (χ0v) is 21.4. The molecule has 42 heavy (non-hydrogen) atoms. The quantitative estimate of drug-likeness (QED) is 0.0625. The normalized spacial score (nSPS) is 12.4. The van der Waals surface area contributed by atoms with Crippen LogP contribution in [0.5, 0.6) is 51.7 Å². The molecule has 0 radical (unpaired) electrons. The average Bonchev–Trinajstić information content (AvgIpc) is 3.36. The molecule has 3 aromatic rings.